The summed E-state index contributed by atoms with van der Waals surface area (Å²) in [5, 5.41) is 18.9. The van der Waals surface area contributed by atoms with E-state index in [0.717, 1.165) is 30.9 Å². The fraction of sp³-hybridized carbons (Fsp3) is 0.361. The van der Waals surface area contributed by atoms with Crippen LogP contribution in [0.25, 0.3) is 0 Å². The number of aryl methyl sites for hydroxylation is 1. The molecule has 0 aromatic heterocycles. The second-order valence-electron chi connectivity index (χ2n) is 12.9. The molecule has 5 rings (SSSR count). The number of benzene rings is 3. The maximum absolute atomic E-state index is 14.9. The van der Waals surface area contributed by atoms with E-state index in [-0.39, 0.29) is 27.5 Å². The van der Waals surface area contributed by atoms with Crippen LogP contribution in [0.15, 0.2) is 72.8 Å². The molecule has 3 aromatic rings. The normalized spacial score (nSPS) is 16.8. The van der Waals surface area contributed by atoms with Crippen LogP contribution in [0.3, 0.4) is 0 Å². The number of carbonyl (C=O) groups excluding carboxylic acids is 5. The summed E-state index contributed by atoms with van der Waals surface area (Å²) < 4.78 is 94.8. The molecule has 54 heavy (non-hydrogen) atoms. The molecule has 1 saturated carbocycles. The highest BCUT2D eigenvalue weighted by atomic mass is 19.4. The summed E-state index contributed by atoms with van der Waals surface area (Å²) in [4.78, 5) is 64.7. The van der Waals surface area contributed by atoms with E-state index >= 15 is 0 Å². The van der Waals surface area contributed by atoms with Gasteiger partial charge in [0.05, 0.1) is 18.8 Å². The highest BCUT2D eigenvalue weighted by molar-refractivity contribution is 6.11. The van der Waals surface area contributed by atoms with E-state index in [9.17, 15) is 55.4 Å². The van der Waals surface area contributed by atoms with Gasteiger partial charge in [-0.2, -0.15) is 26.3 Å². The molecule has 288 valence electrons. The van der Waals surface area contributed by atoms with Crippen molar-refractivity contribution in [3.05, 3.63) is 89.5 Å². The molecular formula is C36H34F6N5O7-. The molecule has 2 aliphatic rings. The molecule has 1 aliphatic heterocycles. The van der Waals surface area contributed by atoms with Crippen LogP contribution in [0.5, 0.6) is 5.75 Å². The molecule has 6 amide bonds. The molecule has 1 saturated heterocycles. The average molecular weight is 763 g/mol. The van der Waals surface area contributed by atoms with E-state index < -0.39 is 90.0 Å². The molecule has 0 unspecified atom stereocenters. The van der Waals surface area contributed by atoms with Gasteiger partial charge in [0.2, 0.25) is 5.91 Å². The summed E-state index contributed by atoms with van der Waals surface area (Å²) in [6.07, 6.45) is -13.4. The van der Waals surface area contributed by atoms with Crippen LogP contribution < -0.4 is 25.8 Å². The molecule has 2 fully saturated rings. The van der Waals surface area contributed by atoms with Crippen molar-refractivity contribution in [1.82, 2.24) is 15.1 Å². The second kappa shape index (κ2) is 15.3. The van der Waals surface area contributed by atoms with E-state index in [1.165, 1.54) is 24.3 Å². The van der Waals surface area contributed by atoms with Crippen molar-refractivity contribution in [3.8, 4) is 5.75 Å². The van der Waals surface area contributed by atoms with Crippen LogP contribution in [0.1, 0.15) is 48.4 Å². The van der Waals surface area contributed by atoms with E-state index in [2.05, 4.69) is 16.0 Å². The Morgan fingerprint density at radius 1 is 0.907 bits per heavy atom. The Kier molecular flexibility index (Phi) is 11.1. The fourth-order valence-electron chi connectivity index (χ4n) is 6.30. The van der Waals surface area contributed by atoms with Crippen molar-refractivity contribution >= 4 is 41.2 Å². The monoisotopic (exact) mass is 762 g/mol. The first-order chi connectivity index (χ1) is 25.4. The SMILES string of the molecule is COc1cc(CN2C(=O)N([C@@H](CC3CC3)C(=O)N[C@@H](CC(=O)[O-])c3ccccc3)C(=O)C2(C(F)(F)F)C(F)(F)F)ccc1NC(=O)Nc1ccccc1C. The van der Waals surface area contributed by atoms with Gasteiger partial charge in [-0.3, -0.25) is 14.5 Å². The van der Waals surface area contributed by atoms with Gasteiger partial charge in [0.15, 0.2) is 0 Å². The minimum absolute atomic E-state index is 0.0404. The number of ether oxygens (including phenoxy) is 1. The van der Waals surface area contributed by atoms with Crippen LogP contribution in [0, 0.1) is 12.8 Å². The van der Waals surface area contributed by atoms with Crippen molar-refractivity contribution in [3.63, 3.8) is 0 Å². The molecular weight excluding hydrogens is 728 g/mol. The lowest BCUT2D eigenvalue weighted by molar-refractivity contribution is -0.315. The van der Waals surface area contributed by atoms with Crippen LogP contribution in [-0.2, 0) is 20.9 Å². The van der Waals surface area contributed by atoms with Gasteiger partial charge in [0.1, 0.15) is 11.8 Å². The largest absolute Gasteiger partial charge is 0.550 e. The van der Waals surface area contributed by atoms with Gasteiger partial charge in [-0.25, -0.2) is 14.5 Å². The zero-order valence-electron chi connectivity index (χ0n) is 28.7. The fourth-order valence-corrected chi connectivity index (χ4v) is 6.30. The number of carboxylic acids is 1. The summed E-state index contributed by atoms with van der Waals surface area (Å²) in [5.41, 5.74) is -4.44. The Hall–Kier alpha value is -5.81. The van der Waals surface area contributed by atoms with Gasteiger partial charge >= 0.3 is 30.0 Å². The Balaban J connectivity index is 1.50. The van der Waals surface area contributed by atoms with Gasteiger partial charge in [-0.15, -0.1) is 0 Å². The smallest absolute Gasteiger partial charge is 0.430 e. The average Bonchev–Trinajstić information content (AvgIpc) is 3.88. The molecule has 18 heteroatoms. The molecule has 1 aliphatic carbocycles. The number of nitrogens with one attached hydrogen (secondary N) is 3. The van der Waals surface area contributed by atoms with Crippen LogP contribution in [-0.4, -0.2) is 70.7 Å². The number of hydrogen-bond acceptors (Lipinski definition) is 7. The zero-order chi connectivity index (χ0) is 39.6. The quantitative estimate of drug-likeness (QED) is 0.154. The lowest BCUT2D eigenvalue weighted by Crippen LogP contribution is -2.69. The summed E-state index contributed by atoms with van der Waals surface area (Å²) in [6, 6.07) is 11.0. The first-order valence-electron chi connectivity index (χ1n) is 16.5. The Morgan fingerprint density at radius 3 is 2.09 bits per heavy atom. The second-order valence-corrected chi connectivity index (χ2v) is 12.9. The first-order valence-corrected chi connectivity index (χ1v) is 16.5. The van der Waals surface area contributed by atoms with Crippen LogP contribution in [0.4, 0.5) is 47.3 Å². The Bertz CT molecular complexity index is 1910. The van der Waals surface area contributed by atoms with Gasteiger partial charge in [0.25, 0.3) is 5.91 Å². The molecule has 12 nitrogen and oxygen atoms in total. The van der Waals surface area contributed by atoms with E-state index in [1.54, 1.807) is 37.3 Å². The van der Waals surface area contributed by atoms with Crippen LogP contribution in [0.2, 0.25) is 0 Å². The van der Waals surface area contributed by atoms with Gasteiger partial charge in [0, 0.05) is 24.6 Å². The third-order valence-electron chi connectivity index (χ3n) is 9.20. The molecule has 1 heterocycles. The lowest BCUT2D eigenvalue weighted by Gasteiger charge is -2.37. The number of hydrogen-bond donors (Lipinski definition) is 3. The molecule has 0 bridgehead atoms. The number of halogens is 6. The van der Waals surface area contributed by atoms with E-state index in [4.69, 9.17) is 4.74 Å². The number of alkyl halides is 6. The Labute approximate surface area is 304 Å². The van der Waals surface area contributed by atoms with Gasteiger partial charge < -0.3 is 30.6 Å². The molecule has 3 N–H and O–H groups in total. The number of methoxy groups -OCH3 is 1. The number of anilines is 2. The number of carboxylic acid groups (broad SMARTS) is 1. The number of aliphatic carboxylic acids is 1. The minimum atomic E-state index is -6.44. The summed E-state index contributed by atoms with van der Waals surface area (Å²) in [5.74, 6) is -6.34. The molecule has 0 radical (unpaired) electrons. The van der Waals surface area contributed by atoms with Crippen molar-refractivity contribution in [2.45, 2.75) is 69.1 Å². The van der Waals surface area contributed by atoms with Crippen molar-refractivity contribution < 1.29 is 60.2 Å². The third-order valence-corrected chi connectivity index (χ3v) is 9.20. The summed E-state index contributed by atoms with van der Waals surface area (Å²) in [7, 11) is 1.12. The van der Waals surface area contributed by atoms with Crippen molar-refractivity contribution in [2.75, 3.05) is 17.7 Å². The molecule has 0 spiro atoms. The van der Waals surface area contributed by atoms with Crippen molar-refractivity contribution in [2.24, 2.45) is 5.92 Å². The number of amides is 6. The highest BCUT2D eigenvalue weighted by Crippen LogP contribution is 2.53. The minimum Gasteiger partial charge on any atom is -0.550 e. The topological polar surface area (TPSA) is 160 Å². The number of para-hydroxylation sites is 1. The number of imide groups is 1. The molecule has 2 atom stereocenters. The summed E-state index contributed by atoms with van der Waals surface area (Å²) in [6.45, 7) is 0.291. The third kappa shape index (κ3) is 7.91. The Morgan fingerprint density at radius 2 is 1.52 bits per heavy atom. The van der Waals surface area contributed by atoms with Gasteiger partial charge in [-0.1, -0.05) is 67.4 Å². The molecule has 3 aromatic carbocycles. The zero-order valence-corrected chi connectivity index (χ0v) is 28.7. The van der Waals surface area contributed by atoms with E-state index in [1.807, 2.05) is 0 Å². The lowest BCUT2D eigenvalue weighted by atomic mass is 9.94. The number of nitrogens with zero attached hydrogens (tertiary/aromatic N) is 2. The van der Waals surface area contributed by atoms with Gasteiger partial charge in [-0.05, 0) is 54.2 Å². The number of rotatable bonds is 13. The predicted octanol–water partition coefficient (Wildman–Crippen LogP) is 5.44. The number of carbonyl (C=O) groups is 5. The van der Waals surface area contributed by atoms with Crippen molar-refractivity contribution in [1.29, 1.82) is 0 Å². The van der Waals surface area contributed by atoms with E-state index in [0.29, 0.717) is 18.5 Å². The first kappa shape index (κ1) is 39.4. The predicted molar refractivity (Wildman–Crippen MR) is 178 cm³/mol. The highest BCUT2D eigenvalue weighted by Gasteiger charge is 2.84. The number of urea groups is 2. The maximum Gasteiger partial charge on any atom is 0.430 e. The maximum atomic E-state index is 14.9. The standard InChI is InChI=1S/C36H35F6N5O7/c1-20-8-6-7-11-24(20)44-32(52)45-25-15-14-22(17-28(25)54-2)19-46-33(53)47(31(51)34(46,35(37,38)39)36(40,41)42)27(16-21-12-13-21)30(50)43-26(18-29(48)49)23-9-4-3-5-10-23/h3-11,14-15,17,21,26-27H,12-13,16,18-19H2,1-2H3,(H,43,50)(H,48,49)(H2,44,45,52)/p-1/t26-,27-/m0/s1. The summed E-state index contributed by atoms with van der Waals surface area (Å²) >= 11 is 0. The van der Waals surface area contributed by atoms with Crippen LogP contribution >= 0.6 is 0 Å².